The number of amidine groups is 1. The van der Waals surface area contributed by atoms with Crippen molar-refractivity contribution in [3.63, 3.8) is 0 Å². The Morgan fingerprint density at radius 3 is 2.72 bits per heavy atom. The molecule has 6 nitrogen and oxygen atoms in total. The topological polar surface area (TPSA) is 78.8 Å². The van der Waals surface area contributed by atoms with Crippen molar-refractivity contribution in [2.45, 2.75) is 19.4 Å². The van der Waals surface area contributed by atoms with E-state index in [4.69, 9.17) is 0 Å². The van der Waals surface area contributed by atoms with E-state index in [0.29, 0.717) is 11.4 Å². The van der Waals surface area contributed by atoms with Gasteiger partial charge in [0.1, 0.15) is 5.84 Å². The summed E-state index contributed by atoms with van der Waals surface area (Å²) >= 11 is 1.59. The Morgan fingerprint density at radius 1 is 1.24 bits per heavy atom. The van der Waals surface area contributed by atoms with Gasteiger partial charge in [0, 0.05) is 17.6 Å². The fraction of sp³-hybridized carbons (Fsp3) is 0.238. The number of amides is 1. The van der Waals surface area contributed by atoms with Crippen LogP contribution in [0.4, 0.5) is 0 Å². The Bertz CT molecular complexity index is 1100. The lowest BCUT2D eigenvalue weighted by atomic mass is 10.0. The summed E-state index contributed by atoms with van der Waals surface area (Å²) in [6.07, 6.45) is 5.80. The van der Waals surface area contributed by atoms with E-state index in [1.165, 1.54) is 5.56 Å². The molecule has 2 aliphatic heterocycles. The molecule has 1 amide bonds. The van der Waals surface area contributed by atoms with Crippen molar-refractivity contribution < 1.29 is 13.2 Å². The first-order chi connectivity index (χ1) is 13.9. The minimum atomic E-state index is -3.41. The van der Waals surface area contributed by atoms with Crippen LogP contribution >= 0.6 is 11.3 Å². The number of sulfonamides is 1. The molecule has 8 heteroatoms. The van der Waals surface area contributed by atoms with E-state index in [1.807, 2.05) is 17.5 Å². The molecule has 0 saturated heterocycles. The van der Waals surface area contributed by atoms with Crippen LogP contribution in [0.5, 0.6) is 0 Å². The van der Waals surface area contributed by atoms with Crippen molar-refractivity contribution >= 4 is 33.1 Å². The van der Waals surface area contributed by atoms with Crippen LogP contribution in [0.25, 0.3) is 0 Å². The van der Waals surface area contributed by atoms with Crippen molar-refractivity contribution in [1.29, 1.82) is 0 Å². The molecule has 0 radical (unpaired) electrons. The van der Waals surface area contributed by atoms with Crippen LogP contribution in [0.3, 0.4) is 0 Å². The van der Waals surface area contributed by atoms with E-state index < -0.39 is 10.0 Å². The number of carbonyl (C=O) groups is 1. The zero-order chi connectivity index (χ0) is 20.4. The maximum absolute atomic E-state index is 13.0. The monoisotopic (exact) mass is 427 g/mol. The van der Waals surface area contributed by atoms with Crippen LogP contribution in [0.2, 0.25) is 0 Å². The third-order valence-corrected chi connectivity index (χ3v) is 7.01. The van der Waals surface area contributed by atoms with Crippen LogP contribution in [0.15, 0.2) is 70.1 Å². The average Bonchev–Trinajstić information content (AvgIpc) is 3.25. The molecule has 0 aliphatic carbocycles. The first-order valence-corrected chi connectivity index (χ1v) is 11.9. The molecule has 1 unspecified atom stereocenters. The number of hydrogen-bond acceptors (Lipinski definition) is 5. The molecule has 1 atom stereocenters. The zero-order valence-corrected chi connectivity index (χ0v) is 17.5. The summed E-state index contributed by atoms with van der Waals surface area (Å²) < 4.78 is 27.1. The molecule has 1 aromatic heterocycles. The molecular weight excluding hydrogens is 406 g/mol. The molecule has 3 heterocycles. The van der Waals surface area contributed by atoms with Crippen molar-refractivity contribution in [3.05, 3.63) is 81.7 Å². The summed E-state index contributed by atoms with van der Waals surface area (Å²) in [5.74, 6) is 0.0709. The molecular formula is C21H21N3O3S2. The smallest absolute Gasteiger partial charge is 0.256 e. The number of aryl methyl sites for hydroxylation is 1. The van der Waals surface area contributed by atoms with Gasteiger partial charge in [-0.25, -0.2) is 8.42 Å². The highest BCUT2D eigenvalue weighted by Gasteiger charge is 2.26. The fourth-order valence-corrected chi connectivity index (χ4v) is 5.04. The minimum absolute atomic E-state index is 0.0582. The molecule has 150 valence electrons. The molecule has 1 aromatic carbocycles. The van der Waals surface area contributed by atoms with Gasteiger partial charge in [-0.2, -0.15) is 0 Å². The molecule has 0 saturated carbocycles. The third kappa shape index (κ3) is 4.33. The van der Waals surface area contributed by atoms with Gasteiger partial charge in [-0.1, -0.05) is 37.3 Å². The Balaban J connectivity index is 1.58. The Hall–Kier alpha value is -2.71. The summed E-state index contributed by atoms with van der Waals surface area (Å²) in [5, 5.41) is 5.11. The van der Waals surface area contributed by atoms with E-state index in [0.717, 1.165) is 16.9 Å². The van der Waals surface area contributed by atoms with Crippen LogP contribution in [0, 0.1) is 0 Å². The van der Waals surface area contributed by atoms with Crippen LogP contribution in [-0.4, -0.2) is 37.4 Å². The van der Waals surface area contributed by atoms with Crippen molar-refractivity contribution in [3.8, 4) is 0 Å². The molecule has 4 rings (SSSR count). The first-order valence-electron chi connectivity index (χ1n) is 9.37. The number of carbonyl (C=O) groups excluding carboxylic acids is 1. The van der Waals surface area contributed by atoms with Gasteiger partial charge in [0.05, 0.1) is 17.4 Å². The van der Waals surface area contributed by atoms with Crippen molar-refractivity contribution in [2.75, 3.05) is 12.3 Å². The van der Waals surface area contributed by atoms with E-state index >= 15 is 0 Å². The van der Waals surface area contributed by atoms with Gasteiger partial charge in [-0.05, 0) is 41.1 Å². The number of nitrogens with one attached hydrogen (secondary N) is 1. The highest BCUT2D eigenvalue weighted by Crippen LogP contribution is 2.27. The summed E-state index contributed by atoms with van der Waals surface area (Å²) in [4.78, 5) is 15.7. The maximum Gasteiger partial charge on any atom is 0.256 e. The van der Waals surface area contributed by atoms with Gasteiger partial charge in [-0.15, -0.1) is 15.7 Å². The van der Waals surface area contributed by atoms with E-state index in [2.05, 4.69) is 40.9 Å². The second kappa shape index (κ2) is 7.96. The predicted molar refractivity (Wildman–Crippen MR) is 115 cm³/mol. The molecule has 29 heavy (non-hydrogen) atoms. The molecule has 0 spiro atoms. The standard InChI is InChI=1S/C21H21N3O3S2/c1-2-15-5-7-16(8-6-15)20(18-4-3-12-28-18)22-21(25)17-9-10-19-23-29(26,27)13-11-24(19)14-17/h3-10,12,14,20H,2,11,13H2,1H3,(H,22,25). The molecule has 2 aliphatic rings. The Labute approximate surface area is 174 Å². The largest absolute Gasteiger partial charge is 0.340 e. The SMILES string of the molecule is CCc1ccc(C(NC(=O)C2=CN3CCS(=O)(=O)N=C3C=C2)c2cccs2)cc1. The highest BCUT2D eigenvalue weighted by atomic mass is 32.2. The first kappa shape index (κ1) is 19.6. The predicted octanol–water partition coefficient (Wildman–Crippen LogP) is 3.01. The Morgan fingerprint density at radius 2 is 2.03 bits per heavy atom. The third-order valence-electron chi connectivity index (χ3n) is 4.91. The number of thiophene rings is 1. The van der Waals surface area contributed by atoms with Crippen molar-refractivity contribution in [1.82, 2.24) is 10.2 Å². The highest BCUT2D eigenvalue weighted by molar-refractivity contribution is 7.90. The van der Waals surface area contributed by atoms with E-state index in [-0.39, 0.29) is 24.2 Å². The molecule has 0 bridgehead atoms. The summed E-state index contributed by atoms with van der Waals surface area (Å²) in [7, 11) is -3.41. The average molecular weight is 428 g/mol. The zero-order valence-electron chi connectivity index (χ0n) is 15.9. The number of hydrogen-bond donors (Lipinski definition) is 1. The van der Waals surface area contributed by atoms with Gasteiger partial charge < -0.3 is 10.2 Å². The van der Waals surface area contributed by atoms with Crippen LogP contribution in [0.1, 0.15) is 29.0 Å². The van der Waals surface area contributed by atoms with Crippen LogP contribution in [-0.2, 0) is 21.2 Å². The number of rotatable bonds is 5. The van der Waals surface area contributed by atoms with Gasteiger partial charge in [0.2, 0.25) is 0 Å². The quantitative estimate of drug-likeness (QED) is 0.796. The fourth-order valence-electron chi connectivity index (χ4n) is 3.27. The summed E-state index contributed by atoms with van der Waals surface area (Å²) in [6.45, 7) is 2.40. The molecule has 0 fully saturated rings. The second-order valence-corrected chi connectivity index (χ2v) is 9.60. The molecule has 1 N–H and O–H groups in total. The molecule has 2 aromatic rings. The second-order valence-electron chi connectivity index (χ2n) is 6.86. The number of nitrogens with zero attached hydrogens (tertiary/aromatic N) is 2. The summed E-state index contributed by atoms with van der Waals surface area (Å²) in [5.41, 5.74) is 2.73. The van der Waals surface area contributed by atoms with Gasteiger partial charge in [-0.3, -0.25) is 4.79 Å². The van der Waals surface area contributed by atoms with Crippen molar-refractivity contribution in [2.24, 2.45) is 4.40 Å². The number of benzene rings is 1. The van der Waals surface area contributed by atoms with Gasteiger partial charge in [0.15, 0.2) is 0 Å². The van der Waals surface area contributed by atoms with Gasteiger partial charge in [0.25, 0.3) is 15.9 Å². The summed E-state index contributed by atoms with van der Waals surface area (Å²) in [6, 6.07) is 12.0. The normalized spacial score (nSPS) is 18.4. The van der Waals surface area contributed by atoms with E-state index in [9.17, 15) is 13.2 Å². The van der Waals surface area contributed by atoms with Gasteiger partial charge >= 0.3 is 0 Å². The minimum Gasteiger partial charge on any atom is -0.340 e. The Kier molecular flexibility index (Phi) is 5.38. The lowest BCUT2D eigenvalue weighted by Crippen LogP contribution is -2.38. The number of fused-ring (bicyclic) bond motifs is 1. The lowest BCUT2D eigenvalue weighted by molar-refractivity contribution is -0.117. The lowest BCUT2D eigenvalue weighted by Gasteiger charge is -2.27. The maximum atomic E-state index is 13.0. The van der Waals surface area contributed by atoms with E-state index in [1.54, 1.807) is 34.6 Å². The van der Waals surface area contributed by atoms with Crippen LogP contribution < -0.4 is 5.32 Å².